The Morgan fingerprint density at radius 1 is 0.967 bits per heavy atom. The van der Waals surface area contributed by atoms with E-state index in [4.69, 9.17) is 16.3 Å². The van der Waals surface area contributed by atoms with Crippen molar-refractivity contribution in [2.45, 2.75) is 19.5 Å². The van der Waals surface area contributed by atoms with Crippen molar-refractivity contribution < 1.29 is 14.3 Å². The van der Waals surface area contributed by atoms with Gasteiger partial charge in [0.15, 0.2) is 6.61 Å². The smallest absolute Gasteiger partial charge is 0.258 e. The second kappa shape index (κ2) is 10.5. The van der Waals surface area contributed by atoms with Gasteiger partial charge in [0.1, 0.15) is 5.75 Å². The third-order valence-corrected chi connectivity index (χ3v) is 4.75. The minimum Gasteiger partial charge on any atom is -0.483 e. The van der Waals surface area contributed by atoms with Gasteiger partial charge < -0.3 is 15.4 Å². The molecular weight excluding hydrogens is 400 g/mol. The van der Waals surface area contributed by atoms with Crippen molar-refractivity contribution in [2.24, 2.45) is 0 Å². The Bertz CT molecular complexity index is 1010. The first kappa shape index (κ1) is 21.4. The van der Waals surface area contributed by atoms with Crippen molar-refractivity contribution in [3.05, 3.63) is 101 Å². The summed E-state index contributed by atoms with van der Waals surface area (Å²) in [6.45, 7) is 2.08. The van der Waals surface area contributed by atoms with E-state index >= 15 is 0 Å². The molecule has 5 nitrogen and oxygen atoms in total. The Balaban J connectivity index is 1.56. The molecule has 0 fully saturated rings. The zero-order valence-corrected chi connectivity index (χ0v) is 17.4. The SMILES string of the molecule is C[C@@H](NC(=O)COc1ccccc1C(=O)NCc1ccccc1)c1cccc(Cl)c1. The molecule has 2 amide bonds. The highest BCUT2D eigenvalue weighted by Gasteiger charge is 2.15. The molecule has 0 aliphatic heterocycles. The molecule has 1 atom stereocenters. The molecule has 0 saturated heterocycles. The average Bonchev–Trinajstić information content (AvgIpc) is 2.77. The standard InChI is InChI=1S/C24H23ClN2O3/c1-17(19-10-7-11-20(25)14-19)27-23(28)16-30-22-13-6-5-12-21(22)24(29)26-15-18-8-3-2-4-9-18/h2-14,17H,15-16H2,1H3,(H,26,29)(H,27,28)/t17-/m1/s1. The Hall–Kier alpha value is -3.31. The lowest BCUT2D eigenvalue weighted by molar-refractivity contribution is -0.123. The maximum absolute atomic E-state index is 12.6. The molecule has 6 heteroatoms. The summed E-state index contributed by atoms with van der Waals surface area (Å²) < 4.78 is 5.63. The predicted octanol–water partition coefficient (Wildman–Crippen LogP) is 4.53. The summed E-state index contributed by atoms with van der Waals surface area (Å²) in [5, 5.41) is 6.35. The van der Waals surface area contributed by atoms with Crippen molar-refractivity contribution in [1.29, 1.82) is 0 Å². The van der Waals surface area contributed by atoms with Gasteiger partial charge in [0.25, 0.3) is 11.8 Å². The van der Waals surface area contributed by atoms with Gasteiger partial charge in [0.2, 0.25) is 0 Å². The zero-order valence-electron chi connectivity index (χ0n) is 16.6. The molecular formula is C24H23ClN2O3. The molecule has 3 rings (SSSR count). The molecule has 0 aliphatic rings. The van der Waals surface area contributed by atoms with Gasteiger partial charge in [-0.2, -0.15) is 0 Å². The van der Waals surface area contributed by atoms with Crippen molar-refractivity contribution in [2.75, 3.05) is 6.61 Å². The van der Waals surface area contributed by atoms with Crippen LogP contribution < -0.4 is 15.4 Å². The van der Waals surface area contributed by atoms with Crippen molar-refractivity contribution in [1.82, 2.24) is 10.6 Å². The lowest BCUT2D eigenvalue weighted by Gasteiger charge is -2.16. The highest BCUT2D eigenvalue weighted by Crippen LogP contribution is 2.19. The fourth-order valence-corrected chi connectivity index (χ4v) is 3.14. The topological polar surface area (TPSA) is 67.4 Å². The quantitative estimate of drug-likeness (QED) is 0.560. The minimum atomic E-state index is -0.290. The van der Waals surface area contributed by atoms with Gasteiger partial charge in [-0.05, 0) is 42.3 Å². The molecule has 0 unspecified atom stereocenters. The number of amides is 2. The Morgan fingerprint density at radius 2 is 1.70 bits per heavy atom. The van der Waals surface area contributed by atoms with Crippen LogP contribution in [0, 0.1) is 0 Å². The van der Waals surface area contributed by atoms with Gasteiger partial charge in [-0.3, -0.25) is 9.59 Å². The summed E-state index contributed by atoms with van der Waals surface area (Å²) in [6.07, 6.45) is 0. The van der Waals surface area contributed by atoms with Gasteiger partial charge in [-0.1, -0.05) is 66.2 Å². The Kier molecular flexibility index (Phi) is 7.46. The lowest BCUT2D eigenvalue weighted by atomic mass is 10.1. The average molecular weight is 423 g/mol. The highest BCUT2D eigenvalue weighted by atomic mass is 35.5. The Morgan fingerprint density at radius 3 is 2.47 bits per heavy atom. The minimum absolute atomic E-state index is 0.201. The van der Waals surface area contributed by atoms with E-state index in [0.29, 0.717) is 22.9 Å². The molecule has 30 heavy (non-hydrogen) atoms. The maximum Gasteiger partial charge on any atom is 0.258 e. The van der Waals surface area contributed by atoms with Crippen molar-refractivity contribution in [3.8, 4) is 5.75 Å². The van der Waals surface area contributed by atoms with Crippen LogP contribution in [-0.4, -0.2) is 18.4 Å². The molecule has 0 spiro atoms. The fraction of sp³-hybridized carbons (Fsp3) is 0.167. The van der Waals surface area contributed by atoms with Gasteiger partial charge >= 0.3 is 0 Å². The summed E-state index contributed by atoms with van der Waals surface area (Å²) in [7, 11) is 0. The molecule has 0 aromatic heterocycles. The second-order valence-electron chi connectivity index (χ2n) is 6.80. The number of para-hydroxylation sites is 1. The van der Waals surface area contributed by atoms with E-state index in [9.17, 15) is 9.59 Å². The number of hydrogen-bond acceptors (Lipinski definition) is 3. The summed E-state index contributed by atoms with van der Waals surface area (Å²) in [5.41, 5.74) is 2.28. The summed E-state index contributed by atoms with van der Waals surface area (Å²) in [5.74, 6) is -0.197. The molecule has 0 aliphatic carbocycles. The van der Waals surface area contributed by atoms with Crippen molar-refractivity contribution >= 4 is 23.4 Å². The molecule has 3 aromatic rings. The number of benzene rings is 3. The van der Waals surface area contributed by atoms with Crippen LogP contribution in [0.15, 0.2) is 78.9 Å². The zero-order chi connectivity index (χ0) is 21.3. The molecule has 0 saturated carbocycles. The van der Waals surface area contributed by atoms with Gasteiger partial charge in [0, 0.05) is 11.6 Å². The van der Waals surface area contributed by atoms with Crippen LogP contribution in [0.5, 0.6) is 5.75 Å². The van der Waals surface area contributed by atoms with Crippen LogP contribution in [0.25, 0.3) is 0 Å². The van der Waals surface area contributed by atoms with Gasteiger partial charge in [0.05, 0.1) is 11.6 Å². The third-order valence-electron chi connectivity index (χ3n) is 4.51. The molecule has 3 aromatic carbocycles. The van der Waals surface area contributed by atoms with Crippen LogP contribution in [0.4, 0.5) is 0 Å². The lowest BCUT2D eigenvalue weighted by Crippen LogP contribution is -2.31. The van der Waals surface area contributed by atoms with E-state index in [2.05, 4.69) is 10.6 Å². The number of rotatable bonds is 8. The number of halogens is 1. The first-order valence-corrected chi connectivity index (χ1v) is 9.99. The number of nitrogens with one attached hydrogen (secondary N) is 2. The number of hydrogen-bond donors (Lipinski definition) is 2. The van der Waals surface area contributed by atoms with E-state index in [1.54, 1.807) is 36.4 Å². The Labute approximate surface area is 181 Å². The first-order chi connectivity index (χ1) is 14.5. The molecule has 0 radical (unpaired) electrons. The number of ether oxygens (including phenoxy) is 1. The molecule has 0 bridgehead atoms. The monoisotopic (exact) mass is 422 g/mol. The van der Waals surface area contributed by atoms with Crippen molar-refractivity contribution in [3.63, 3.8) is 0 Å². The summed E-state index contributed by atoms with van der Waals surface area (Å²) in [4.78, 5) is 24.9. The summed E-state index contributed by atoms with van der Waals surface area (Å²) in [6, 6.07) is 23.6. The number of carbonyl (C=O) groups excluding carboxylic acids is 2. The van der Waals surface area contributed by atoms with Gasteiger partial charge in [-0.15, -0.1) is 0 Å². The van der Waals surface area contributed by atoms with E-state index in [0.717, 1.165) is 11.1 Å². The second-order valence-corrected chi connectivity index (χ2v) is 7.23. The number of carbonyl (C=O) groups is 2. The van der Waals surface area contributed by atoms with Crippen LogP contribution in [-0.2, 0) is 11.3 Å². The van der Waals surface area contributed by atoms with Crippen LogP contribution in [0.2, 0.25) is 5.02 Å². The normalized spacial score (nSPS) is 11.4. The van der Waals surface area contributed by atoms with Crippen LogP contribution in [0.3, 0.4) is 0 Å². The van der Waals surface area contributed by atoms with Crippen LogP contribution in [0.1, 0.15) is 34.5 Å². The largest absolute Gasteiger partial charge is 0.483 e. The fourth-order valence-electron chi connectivity index (χ4n) is 2.94. The van der Waals surface area contributed by atoms with E-state index in [1.165, 1.54) is 0 Å². The molecule has 154 valence electrons. The van der Waals surface area contributed by atoms with E-state index in [-0.39, 0.29) is 24.5 Å². The highest BCUT2D eigenvalue weighted by molar-refractivity contribution is 6.30. The molecule has 2 N–H and O–H groups in total. The maximum atomic E-state index is 12.6. The predicted molar refractivity (Wildman–Crippen MR) is 118 cm³/mol. The third kappa shape index (κ3) is 6.09. The van der Waals surface area contributed by atoms with E-state index in [1.807, 2.05) is 49.4 Å². The van der Waals surface area contributed by atoms with E-state index < -0.39 is 0 Å². The molecule has 0 heterocycles. The van der Waals surface area contributed by atoms with Crippen LogP contribution >= 0.6 is 11.6 Å². The summed E-state index contributed by atoms with van der Waals surface area (Å²) >= 11 is 6.00. The van der Waals surface area contributed by atoms with Gasteiger partial charge in [-0.25, -0.2) is 0 Å². The first-order valence-electron chi connectivity index (χ1n) is 9.61.